The van der Waals surface area contributed by atoms with E-state index in [-0.39, 0.29) is 5.82 Å². The molecule has 88 valence electrons. The summed E-state index contributed by atoms with van der Waals surface area (Å²) in [7, 11) is 0. The zero-order valence-electron chi connectivity index (χ0n) is 9.33. The van der Waals surface area contributed by atoms with E-state index in [4.69, 9.17) is 5.84 Å². The van der Waals surface area contributed by atoms with Crippen LogP contribution in [0.5, 0.6) is 0 Å². The van der Waals surface area contributed by atoms with Gasteiger partial charge in [0, 0.05) is 12.2 Å². The van der Waals surface area contributed by atoms with Gasteiger partial charge in [0.2, 0.25) is 5.96 Å². The number of hydrazine groups is 1. The molecule has 0 heterocycles. The van der Waals surface area contributed by atoms with Gasteiger partial charge < -0.3 is 5.32 Å². The molecular formula is C11H17FN4. The Bertz CT molecular complexity index is 352. The number of guanidine groups is 1. The third-order valence-corrected chi connectivity index (χ3v) is 2.01. The molecule has 0 saturated carbocycles. The molecule has 0 fully saturated rings. The number of aliphatic imine (C=N–C) groups is 1. The average Bonchev–Trinajstić information content (AvgIpc) is 2.28. The number of rotatable bonds is 4. The Morgan fingerprint density at radius 3 is 2.94 bits per heavy atom. The largest absolute Gasteiger partial charge is 0.325 e. The predicted octanol–water partition coefficient (Wildman–Crippen LogP) is 1.86. The molecule has 0 bridgehead atoms. The van der Waals surface area contributed by atoms with Crippen molar-refractivity contribution in [2.24, 2.45) is 10.8 Å². The summed E-state index contributed by atoms with van der Waals surface area (Å²) in [5, 5.41) is 2.90. The van der Waals surface area contributed by atoms with Crippen molar-refractivity contribution in [2.75, 3.05) is 11.9 Å². The van der Waals surface area contributed by atoms with Crippen molar-refractivity contribution in [3.63, 3.8) is 0 Å². The van der Waals surface area contributed by atoms with Crippen LogP contribution in [0, 0.1) is 5.82 Å². The predicted molar refractivity (Wildman–Crippen MR) is 64.6 cm³/mol. The first-order chi connectivity index (χ1) is 7.76. The Kier molecular flexibility index (Phi) is 5.28. The number of nitrogens with one attached hydrogen (secondary N) is 2. The maximum Gasteiger partial charge on any atom is 0.210 e. The summed E-state index contributed by atoms with van der Waals surface area (Å²) in [5.74, 6) is 5.45. The molecule has 0 radical (unpaired) electrons. The molecule has 0 aliphatic carbocycles. The van der Waals surface area contributed by atoms with Crippen molar-refractivity contribution in [3.05, 3.63) is 30.1 Å². The Morgan fingerprint density at radius 2 is 2.31 bits per heavy atom. The summed E-state index contributed by atoms with van der Waals surface area (Å²) < 4.78 is 12.9. The Hall–Kier alpha value is -1.62. The van der Waals surface area contributed by atoms with E-state index in [0.717, 1.165) is 12.8 Å². The molecule has 16 heavy (non-hydrogen) atoms. The summed E-state index contributed by atoms with van der Waals surface area (Å²) >= 11 is 0. The highest BCUT2D eigenvalue weighted by atomic mass is 19.1. The third-order valence-electron chi connectivity index (χ3n) is 2.01. The lowest BCUT2D eigenvalue weighted by Crippen LogP contribution is -2.36. The smallest absolute Gasteiger partial charge is 0.210 e. The van der Waals surface area contributed by atoms with E-state index in [2.05, 4.69) is 22.7 Å². The van der Waals surface area contributed by atoms with Crippen molar-refractivity contribution >= 4 is 11.6 Å². The quantitative estimate of drug-likeness (QED) is 0.240. The van der Waals surface area contributed by atoms with Crippen LogP contribution in [0.1, 0.15) is 19.8 Å². The van der Waals surface area contributed by atoms with Crippen LogP contribution in [0.25, 0.3) is 0 Å². The fraction of sp³-hybridized carbons (Fsp3) is 0.364. The van der Waals surface area contributed by atoms with E-state index in [0.29, 0.717) is 18.2 Å². The molecule has 0 aliphatic heterocycles. The second-order valence-electron chi connectivity index (χ2n) is 3.36. The maximum atomic E-state index is 12.9. The molecule has 0 amide bonds. The topological polar surface area (TPSA) is 62.4 Å². The molecule has 0 atom stereocenters. The Labute approximate surface area is 94.7 Å². The third kappa shape index (κ3) is 4.27. The lowest BCUT2D eigenvalue weighted by molar-refractivity contribution is 0.628. The van der Waals surface area contributed by atoms with Gasteiger partial charge in [-0.2, -0.15) is 0 Å². The van der Waals surface area contributed by atoms with E-state index < -0.39 is 0 Å². The summed E-state index contributed by atoms with van der Waals surface area (Å²) in [5.41, 5.74) is 3.06. The standard InChI is InChI=1S/C11H17FN4/c1-2-3-7-14-11(16-13)15-10-6-4-5-9(12)8-10/h4-6,8H,2-3,7,13H2,1H3,(H2,14,15,16). The van der Waals surface area contributed by atoms with Crippen LogP contribution >= 0.6 is 0 Å². The molecule has 4 nitrogen and oxygen atoms in total. The van der Waals surface area contributed by atoms with E-state index >= 15 is 0 Å². The lowest BCUT2D eigenvalue weighted by atomic mass is 10.3. The van der Waals surface area contributed by atoms with Gasteiger partial charge in [-0.15, -0.1) is 0 Å². The van der Waals surface area contributed by atoms with Crippen LogP contribution in [0.3, 0.4) is 0 Å². The molecule has 0 aromatic heterocycles. The summed E-state index contributed by atoms with van der Waals surface area (Å²) in [6.45, 7) is 2.78. The number of hydrogen-bond acceptors (Lipinski definition) is 2. The fourth-order valence-corrected chi connectivity index (χ4v) is 1.17. The van der Waals surface area contributed by atoms with Crippen molar-refractivity contribution in [2.45, 2.75) is 19.8 Å². The van der Waals surface area contributed by atoms with Crippen molar-refractivity contribution in [3.8, 4) is 0 Å². The van der Waals surface area contributed by atoms with Gasteiger partial charge >= 0.3 is 0 Å². The first-order valence-corrected chi connectivity index (χ1v) is 5.30. The molecule has 5 heteroatoms. The zero-order valence-corrected chi connectivity index (χ0v) is 9.33. The van der Waals surface area contributed by atoms with Gasteiger partial charge in [0.25, 0.3) is 0 Å². The molecule has 0 spiro atoms. The Morgan fingerprint density at radius 1 is 1.50 bits per heavy atom. The van der Waals surface area contributed by atoms with Gasteiger partial charge in [0.15, 0.2) is 0 Å². The van der Waals surface area contributed by atoms with Crippen LogP contribution in [0.2, 0.25) is 0 Å². The lowest BCUT2D eigenvalue weighted by Gasteiger charge is -2.08. The van der Waals surface area contributed by atoms with E-state index in [1.54, 1.807) is 12.1 Å². The highest BCUT2D eigenvalue weighted by Crippen LogP contribution is 2.08. The van der Waals surface area contributed by atoms with E-state index in [1.165, 1.54) is 12.1 Å². The van der Waals surface area contributed by atoms with Crippen LogP contribution in [0.15, 0.2) is 29.3 Å². The van der Waals surface area contributed by atoms with Gasteiger partial charge in [0.1, 0.15) is 5.82 Å². The van der Waals surface area contributed by atoms with Crippen LogP contribution in [-0.2, 0) is 0 Å². The minimum atomic E-state index is -0.296. The first-order valence-electron chi connectivity index (χ1n) is 5.30. The second-order valence-corrected chi connectivity index (χ2v) is 3.36. The highest BCUT2D eigenvalue weighted by Gasteiger charge is 1.98. The number of nitrogens with two attached hydrogens (primary N) is 1. The number of halogens is 1. The van der Waals surface area contributed by atoms with Crippen molar-refractivity contribution in [1.82, 2.24) is 5.43 Å². The normalized spacial score (nSPS) is 11.3. The van der Waals surface area contributed by atoms with Gasteiger partial charge in [-0.05, 0) is 24.6 Å². The van der Waals surface area contributed by atoms with Crippen LogP contribution in [-0.4, -0.2) is 12.5 Å². The van der Waals surface area contributed by atoms with Crippen molar-refractivity contribution < 1.29 is 4.39 Å². The Balaban J connectivity index is 2.59. The minimum absolute atomic E-state index is 0.296. The summed E-state index contributed by atoms with van der Waals surface area (Å²) in [6, 6.07) is 6.13. The number of anilines is 1. The molecule has 1 aromatic rings. The number of hydrogen-bond donors (Lipinski definition) is 3. The van der Waals surface area contributed by atoms with E-state index in [1.807, 2.05) is 0 Å². The monoisotopic (exact) mass is 224 g/mol. The highest BCUT2D eigenvalue weighted by molar-refractivity contribution is 5.93. The minimum Gasteiger partial charge on any atom is -0.325 e. The summed E-state index contributed by atoms with van der Waals surface area (Å²) in [6.07, 6.45) is 2.07. The van der Waals surface area contributed by atoms with Gasteiger partial charge in [-0.1, -0.05) is 19.4 Å². The number of nitrogens with zero attached hydrogens (tertiary/aromatic N) is 1. The molecule has 0 unspecified atom stereocenters. The SMILES string of the molecule is CCCCN=C(NN)Nc1cccc(F)c1. The molecule has 1 aromatic carbocycles. The summed E-state index contributed by atoms with van der Waals surface area (Å²) in [4.78, 5) is 4.20. The first kappa shape index (κ1) is 12.4. The molecule has 1 rings (SSSR count). The average molecular weight is 224 g/mol. The number of unbranched alkanes of at least 4 members (excludes halogenated alkanes) is 1. The molecule has 0 aliphatic rings. The molecule has 0 saturated heterocycles. The van der Waals surface area contributed by atoms with Crippen molar-refractivity contribution in [1.29, 1.82) is 0 Å². The zero-order chi connectivity index (χ0) is 11.8. The second kappa shape index (κ2) is 6.79. The van der Waals surface area contributed by atoms with Crippen LogP contribution < -0.4 is 16.6 Å². The molecule has 4 N–H and O–H groups in total. The van der Waals surface area contributed by atoms with Gasteiger partial charge in [-0.25, -0.2) is 10.2 Å². The maximum absolute atomic E-state index is 12.9. The van der Waals surface area contributed by atoms with Gasteiger partial charge in [0.05, 0.1) is 0 Å². The van der Waals surface area contributed by atoms with Gasteiger partial charge in [-0.3, -0.25) is 10.4 Å². The fourth-order valence-electron chi connectivity index (χ4n) is 1.17. The number of benzene rings is 1. The van der Waals surface area contributed by atoms with Crippen LogP contribution in [0.4, 0.5) is 10.1 Å². The van der Waals surface area contributed by atoms with E-state index in [9.17, 15) is 4.39 Å². The molecular weight excluding hydrogens is 207 g/mol.